The maximum atomic E-state index is 12.7. The molecule has 1 aliphatic heterocycles. The summed E-state index contributed by atoms with van der Waals surface area (Å²) in [6.07, 6.45) is 2.76. The van der Waals surface area contributed by atoms with Crippen LogP contribution in [0.5, 0.6) is 0 Å². The lowest BCUT2D eigenvalue weighted by atomic mass is 10.3. The minimum absolute atomic E-state index is 0.183. The zero-order chi connectivity index (χ0) is 17.8. The number of nitrogens with one attached hydrogen (secondary N) is 1. The van der Waals surface area contributed by atoms with Gasteiger partial charge in [0.2, 0.25) is 0 Å². The lowest BCUT2D eigenvalue weighted by molar-refractivity contribution is 0.0382. The molecule has 26 heavy (non-hydrogen) atoms. The standard InChI is InChI=1S/C20H22N4O2/c25-20(21-16-6-2-1-3-7-16)19-17-8-4-5-10-24(17)18(22-19)9-11-23-12-14-26-15-13-23/h1-8,10H,9,11-15H2,(H,21,25). The van der Waals surface area contributed by atoms with Crippen molar-refractivity contribution in [3.05, 3.63) is 66.2 Å². The van der Waals surface area contributed by atoms with Crippen LogP contribution < -0.4 is 5.32 Å². The predicted molar refractivity (Wildman–Crippen MR) is 101 cm³/mol. The van der Waals surface area contributed by atoms with Crippen molar-refractivity contribution in [1.29, 1.82) is 0 Å². The number of fused-ring (bicyclic) bond motifs is 1. The van der Waals surface area contributed by atoms with Crippen LogP contribution in [0, 0.1) is 0 Å². The summed E-state index contributed by atoms with van der Waals surface area (Å²) >= 11 is 0. The summed E-state index contributed by atoms with van der Waals surface area (Å²) in [4.78, 5) is 19.8. The molecule has 0 bridgehead atoms. The number of nitrogens with zero attached hydrogens (tertiary/aromatic N) is 3. The van der Waals surface area contributed by atoms with Crippen molar-refractivity contribution < 1.29 is 9.53 Å². The lowest BCUT2D eigenvalue weighted by Crippen LogP contribution is -2.37. The first-order chi connectivity index (χ1) is 12.8. The molecule has 1 amide bonds. The topological polar surface area (TPSA) is 58.9 Å². The predicted octanol–water partition coefficient (Wildman–Crippen LogP) is 2.46. The molecule has 1 N–H and O–H groups in total. The van der Waals surface area contributed by atoms with Crippen molar-refractivity contribution in [3.63, 3.8) is 0 Å². The molecule has 4 rings (SSSR count). The Morgan fingerprint density at radius 1 is 1.08 bits per heavy atom. The number of anilines is 1. The van der Waals surface area contributed by atoms with Crippen molar-refractivity contribution in [3.8, 4) is 0 Å². The molecule has 1 aromatic carbocycles. The Morgan fingerprint density at radius 3 is 2.65 bits per heavy atom. The number of aromatic nitrogens is 2. The van der Waals surface area contributed by atoms with Gasteiger partial charge in [-0.1, -0.05) is 24.3 Å². The fraction of sp³-hybridized carbons (Fsp3) is 0.300. The van der Waals surface area contributed by atoms with Gasteiger partial charge in [0.25, 0.3) is 5.91 Å². The van der Waals surface area contributed by atoms with Gasteiger partial charge in [0.15, 0.2) is 5.69 Å². The van der Waals surface area contributed by atoms with Crippen LogP contribution in [0.25, 0.3) is 5.52 Å². The van der Waals surface area contributed by atoms with Gasteiger partial charge in [0.05, 0.1) is 18.7 Å². The van der Waals surface area contributed by atoms with E-state index in [2.05, 4.69) is 15.2 Å². The van der Waals surface area contributed by atoms with Crippen molar-refractivity contribution in [1.82, 2.24) is 14.3 Å². The maximum Gasteiger partial charge on any atom is 0.276 e. The van der Waals surface area contributed by atoms with Gasteiger partial charge in [-0.05, 0) is 24.3 Å². The van der Waals surface area contributed by atoms with E-state index in [1.54, 1.807) is 0 Å². The SMILES string of the molecule is O=C(Nc1ccccc1)c1nc(CCN2CCOCC2)n2ccccc12. The van der Waals surface area contributed by atoms with E-state index in [4.69, 9.17) is 4.74 Å². The van der Waals surface area contributed by atoms with Gasteiger partial charge < -0.3 is 14.5 Å². The number of ether oxygens (including phenoxy) is 1. The second-order valence-corrected chi connectivity index (χ2v) is 6.36. The van der Waals surface area contributed by atoms with Crippen molar-refractivity contribution in [2.75, 3.05) is 38.2 Å². The number of pyridine rings is 1. The fourth-order valence-electron chi connectivity index (χ4n) is 3.24. The molecule has 6 nitrogen and oxygen atoms in total. The number of hydrogen-bond acceptors (Lipinski definition) is 4. The summed E-state index contributed by atoms with van der Waals surface area (Å²) in [5, 5.41) is 2.93. The number of carbonyl (C=O) groups excluding carboxylic acids is 1. The normalized spacial score (nSPS) is 15.2. The van der Waals surface area contributed by atoms with E-state index < -0.39 is 0 Å². The highest BCUT2D eigenvalue weighted by Gasteiger charge is 2.18. The maximum absolute atomic E-state index is 12.7. The number of para-hydroxylation sites is 1. The quantitative estimate of drug-likeness (QED) is 0.768. The Bertz CT molecular complexity index is 885. The van der Waals surface area contributed by atoms with Crippen LogP contribution in [0.3, 0.4) is 0 Å². The molecule has 1 saturated heterocycles. The zero-order valence-corrected chi connectivity index (χ0v) is 14.6. The van der Waals surface area contributed by atoms with Crippen LogP contribution in [0.4, 0.5) is 5.69 Å². The Labute approximate surface area is 152 Å². The number of imidazole rings is 1. The van der Waals surface area contributed by atoms with E-state index in [9.17, 15) is 4.79 Å². The van der Waals surface area contributed by atoms with Crippen LogP contribution in [-0.2, 0) is 11.2 Å². The van der Waals surface area contributed by atoms with Crippen LogP contribution in [0.15, 0.2) is 54.7 Å². The number of rotatable bonds is 5. The minimum atomic E-state index is -0.183. The first-order valence-electron chi connectivity index (χ1n) is 8.94. The second-order valence-electron chi connectivity index (χ2n) is 6.36. The molecule has 3 aromatic rings. The molecular formula is C20H22N4O2. The molecule has 2 aromatic heterocycles. The summed E-state index contributed by atoms with van der Waals surface area (Å²) in [5.41, 5.74) is 2.06. The third-order valence-electron chi connectivity index (χ3n) is 4.62. The van der Waals surface area contributed by atoms with Crippen molar-refractivity contribution in [2.24, 2.45) is 0 Å². The smallest absolute Gasteiger partial charge is 0.276 e. The summed E-state index contributed by atoms with van der Waals surface area (Å²) in [6.45, 7) is 4.38. The molecule has 1 fully saturated rings. The number of amides is 1. The summed E-state index contributed by atoms with van der Waals surface area (Å²) in [6, 6.07) is 15.3. The largest absolute Gasteiger partial charge is 0.379 e. The number of carbonyl (C=O) groups is 1. The van der Waals surface area contributed by atoms with Gasteiger partial charge >= 0.3 is 0 Å². The van der Waals surface area contributed by atoms with E-state index in [-0.39, 0.29) is 5.91 Å². The van der Waals surface area contributed by atoms with E-state index in [0.717, 1.165) is 56.3 Å². The third-order valence-corrected chi connectivity index (χ3v) is 4.62. The van der Waals surface area contributed by atoms with E-state index in [1.807, 2.05) is 59.1 Å². The summed E-state index contributed by atoms with van der Waals surface area (Å²) in [7, 11) is 0. The lowest BCUT2D eigenvalue weighted by Gasteiger charge is -2.26. The molecule has 0 atom stereocenters. The molecule has 0 aliphatic carbocycles. The molecule has 0 radical (unpaired) electrons. The fourth-order valence-corrected chi connectivity index (χ4v) is 3.24. The molecule has 0 unspecified atom stereocenters. The van der Waals surface area contributed by atoms with Crippen molar-refractivity contribution in [2.45, 2.75) is 6.42 Å². The molecule has 0 spiro atoms. The van der Waals surface area contributed by atoms with E-state index in [0.29, 0.717) is 5.69 Å². The monoisotopic (exact) mass is 350 g/mol. The first-order valence-corrected chi connectivity index (χ1v) is 8.94. The zero-order valence-electron chi connectivity index (χ0n) is 14.6. The second kappa shape index (κ2) is 7.68. The number of benzene rings is 1. The highest BCUT2D eigenvalue weighted by atomic mass is 16.5. The Morgan fingerprint density at radius 2 is 1.85 bits per heavy atom. The molecule has 0 saturated carbocycles. The van der Waals surface area contributed by atoms with Crippen LogP contribution in [0.1, 0.15) is 16.3 Å². The van der Waals surface area contributed by atoms with Gasteiger partial charge in [-0.25, -0.2) is 4.98 Å². The van der Waals surface area contributed by atoms with Crippen LogP contribution >= 0.6 is 0 Å². The average Bonchev–Trinajstić information content (AvgIpc) is 3.07. The van der Waals surface area contributed by atoms with Gasteiger partial charge in [-0.15, -0.1) is 0 Å². The first kappa shape index (κ1) is 16.8. The average molecular weight is 350 g/mol. The van der Waals surface area contributed by atoms with E-state index >= 15 is 0 Å². The van der Waals surface area contributed by atoms with Gasteiger partial charge in [-0.2, -0.15) is 0 Å². The highest BCUT2D eigenvalue weighted by Crippen LogP contribution is 2.16. The van der Waals surface area contributed by atoms with Gasteiger partial charge in [0.1, 0.15) is 5.82 Å². The molecule has 3 heterocycles. The molecule has 6 heteroatoms. The Kier molecular flexibility index (Phi) is 4.95. The Balaban J connectivity index is 1.56. The van der Waals surface area contributed by atoms with Gasteiger partial charge in [-0.3, -0.25) is 9.69 Å². The van der Waals surface area contributed by atoms with Crippen LogP contribution in [-0.4, -0.2) is 53.0 Å². The highest BCUT2D eigenvalue weighted by molar-refractivity contribution is 6.07. The summed E-state index contributed by atoms with van der Waals surface area (Å²) < 4.78 is 7.41. The minimum Gasteiger partial charge on any atom is -0.379 e. The number of morpholine rings is 1. The van der Waals surface area contributed by atoms with Gasteiger partial charge in [0, 0.05) is 37.9 Å². The third kappa shape index (κ3) is 3.61. The summed E-state index contributed by atoms with van der Waals surface area (Å²) in [5.74, 6) is 0.725. The molecule has 134 valence electrons. The Hall–Kier alpha value is -2.70. The molecule has 1 aliphatic rings. The van der Waals surface area contributed by atoms with Crippen molar-refractivity contribution >= 4 is 17.1 Å². The van der Waals surface area contributed by atoms with E-state index in [1.165, 1.54) is 0 Å². The van der Waals surface area contributed by atoms with Crippen LogP contribution in [0.2, 0.25) is 0 Å². The number of hydrogen-bond donors (Lipinski definition) is 1. The molecular weight excluding hydrogens is 328 g/mol.